The van der Waals surface area contributed by atoms with Crippen LogP contribution >= 0.6 is 0 Å². The summed E-state index contributed by atoms with van der Waals surface area (Å²) >= 11 is 0. The average Bonchev–Trinajstić information content (AvgIpc) is 2.21. The lowest BCUT2D eigenvalue weighted by Crippen LogP contribution is -2.47. The number of nitrogens with zero attached hydrogens (tertiary/aromatic N) is 1. The van der Waals surface area contributed by atoms with Gasteiger partial charge >= 0.3 is 0 Å². The molecule has 0 amide bonds. The summed E-state index contributed by atoms with van der Waals surface area (Å²) in [7, 11) is 0. The Labute approximate surface area is 99.6 Å². The minimum absolute atomic E-state index is 0.299. The molecule has 84 valence electrons. The van der Waals surface area contributed by atoms with Crippen LogP contribution in [0.5, 0.6) is 0 Å². The van der Waals surface area contributed by atoms with E-state index in [1.165, 1.54) is 11.3 Å². The maximum absolute atomic E-state index is 2.52. The number of hydrogen-bond donors (Lipinski definition) is 0. The van der Waals surface area contributed by atoms with Gasteiger partial charge in [-0.15, -0.1) is 6.44 Å². The third-order valence-electron chi connectivity index (χ3n) is 3.04. The van der Waals surface area contributed by atoms with Gasteiger partial charge in [0.1, 0.15) is 0 Å². The van der Waals surface area contributed by atoms with E-state index in [0.29, 0.717) is 6.85 Å². The largest absolute Gasteiger partial charge is 0.445 e. The Hall–Kier alpha value is -1.11. The number of rotatable bonds is 2. The molecule has 1 heterocycles. The van der Waals surface area contributed by atoms with E-state index < -0.39 is 0 Å². The van der Waals surface area contributed by atoms with E-state index in [4.69, 9.17) is 0 Å². The molecule has 16 heavy (non-hydrogen) atoms. The fourth-order valence-electron chi connectivity index (χ4n) is 2.31. The fourth-order valence-corrected chi connectivity index (χ4v) is 2.31. The highest BCUT2D eigenvalue weighted by Crippen LogP contribution is 2.28. The van der Waals surface area contributed by atoms with Crippen molar-refractivity contribution < 1.29 is 0 Å². The first-order valence-electron chi connectivity index (χ1n) is 6.30. The van der Waals surface area contributed by atoms with E-state index in [1.54, 1.807) is 0 Å². The molecule has 0 unspecified atom stereocenters. The summed E-state index contributed by atoms with van der Waals surface area (Å²) < 4.78 is 0. The summed E-state index contributed by atoms with van der Waals surface area (Å²) in [6.45, 7) is 9.85. The van der Waals surface area contributed by atoms with Gasteiger partial charge in [0.05, 0.1) is 0 Å². The van der Waals surface area contributed by atoms with E-state index in [-0.39, 0.29) is 6.15 Å². The van der Waals surface area contributed by atoms with Crippen LogP contribution < -0.4 is 4.81 Å². The predicted molar refractivity (Wildman–Crippen MR) is 77.8 cm³/mol. The molecule has 1 aliphatic heterocycles. The molecule has 2 rings (SSSR count). The van der Waals surface area contributed by atoms with Gasteiger partial charge < -0.3 is 4.81 Å². The molecule has 3 heteroatoms. The molecular formula is C13H20B2N-. The molecule has 0 saturated heterocycles. The van der Waals surface area contributed by atoms with Crippen LogP contribution in [-0.2, 0) is 0 Å². The molecule has 0 spiro atoms. The number of para-hydroxylation sites is 1. The second-order valence-electron chi connectivity index (χ2n) is 6.27. The van der Waals surface area contributed by atoms with Gasteiger partial charge in [0.25, 0.3) is 6.85 Å². The van der Waals surface area contributed by atoms with Crippen LogP contribution in [0.3, 0.4) is 0 Å². The highest BCUT2D eigenvalue weighted by molar-refractivity contribution is 6.80. The first kappa shape index (κ1) is 11.4. The van der Waals surface area contributed by atoms with Gasteiger partial charge in [0, 0.05) is 11.8 Å². The summed E-state index contributed by atoms with van der Waals surface area (Å²) in [6.07, 6.45) is 3.10. The van der Waals surface area contributed by atoms with Crippen molar-refractivity contribution in [3.8, 4) is 0 Å². The van der Waals surface area contributed by atoms with Crippen LogP contribution in [0.4, 0.5) is 5.69 Å². The van der Waals surface area contributed by atoms with Gasteiger partial charge in [-0.25, -0.2) is 0 Å². The van der Waals surface area contributed by atoms with Crippen LogP contribution in [0.15, 0.2) is 30.2 Å². The summed E-state index contributed by atoms with van der Waals surface area (Å²) in [5.74, 6) is 2.30. The van der Waals surface area contributed by atoms with Crippen molar-refractivity contribution in [3.63, 3.8) is 0 Å². The zero-order valence-electron chi connectivity index (χ0n) is 10.8. The van der Waals surface area contributed by atoms with E-state index in [2.05, 4.69) is 68.4 Å². The highest BCUT2D eigenvalue weighted by Gasteiger charge is 2.23. The Kier molecular flexibility index (Phi) is 2.88. The van der Waals surface area contributed by atoms with E-state index in [0.717, 1.165) is 6.44 Å². The highest BCUT2D eigenvalue weighted by atomic mass is 15.1. The molecule has 1 aromatic rings. The number of benzene rings is 1. The first-order valence-corrected chi connectivity index (χ1v) is 6.30. The van der Waals surface area contributed by atoms with Gasteiger partial charge in [-0.05, 0) is 11.6 Å². The van der Waals surface area contributed by atoms with Crippen LogP contribution in [0.2, 0.25) is 27.3 Å². The third kappa shape index (κ3) is 2.34. The third-order valence-corrected chi connectivity index (χ3v) is 3.04. The van der Waals surface area contributed by atoms with Gasteiger partial charge in [-0.1, -0.05) is 37.1 Å². The van der Waals surface area contributed by atoms with E-state index in [9.17, 15) is 0 Å². The molecule has 0 aliphatic carbocycles. The summed E-state index contributed by atoms with van der Waals surface area (Å²) in [4.78, 5) is 2.52. The summed E-state index contributed by atoms with van der Waals surface area (Å²) in [6, 6.07) is 8.67. The number of fused-ring (bicyclic) bond motifs is 1. The van der Waals surface area contributed by atoms with Crippen molar-refractivity contribution in [1.29, 1.82) is 0 Å². The van der Waals surface area contributed by atoms with Crippen molar-refractivity contribution in [1.82, 2.24) is 0 Å². The molecule has 0 atom stereocenters. The normalized spacial score (nSPS) is 15.2. The maximum atomic E-state index is 2.52. The molecule has 1 aromatic carbocycles. The Morgan fingerprint density at radius 3 is 2.56 bits per heavy atom. The predicted octanol–water partition coefficient (Wildman–Crippen LogP) is 3.56. The minimum atomic E-state index is -0.299. The maximum Gasteiger partial charge on any atom is 0.275 e. The summed E-state index contributed by atoms with van der Waals surface area (Å²) in [5, 5.41) is 0. The molecule has 0 radical (unpaired) electrons. The second-order valence-corrected chi connectivity index (χ2v) is 6.27. The number of anilines is 1. The SMILES string of the molecule is CB1C=Cc2ccccc2N1C[B-](C)(C)C. The first-order chi connectivity index (χ1) is 7.47. The Balaban J connectivity index is 2.34. The quantitative estimate of drug-likeness (QED) is 0.677. The van der Waals surface area contributed by atoms with Crippen LogP contribution in [0, 0.1) is 0 Å². The van der Waals surface area contributed by atoms with Gasteiger partial charge in [-0.3, -0.25) is 0 Å². The zero-order valence-corrected chi connectivity index (χ0v) is 10.8. The van der Waals surface area contributed by atoms with Gasteiger partial charge in [0.2, 0.25) is 0 Å². The molecule has 0 N–H and O–H groups in total. The second kappa shape index (κ2) is 4.04. The molecule has 0 aromatic heterocycles. The molecule has 0 bridgehead atoms. The van der Waals surface area contributed by atoms with Crippen LogP contribution in [0.25, 0.3) is 6.08 Å². The zero-order chi connectivity index (χ0) is 11.8. The topological polar surface area (TPSA) is 3.24 Å². The lowest BCUT2D eigenvalue weighted by Gasteiger charge is -2.40. The smallest absolute Gasteiger partial charge is 0.275 e. The molecule has 0 saturated carbocycles. The van der Waals surface area contributed by atoms with Crippen molar-refractivity contribution in [3.05, 3.63) is 35.8 Å². The molecule has 1 aliphatic rings. The van der Waals surface area contributed by atoms with Crippen LogP contribution in [0.1, 0.15) is 5.56 Å². The lowest BCUT2D eigenvalue weighted by atomic mass is 9.29. The standard InChI is InChI=1S/C13H20B2N/c1-14-10-9-12-7-5-6-8-13(12)16(14)11-15(2,3)4/h5-10H,11H2,1-4H3/q-1. The van der Waals surface area contributed by atoms with E-state index in [1.807, 2.05) is 0 Å². The van der Waals surface area contributed by atoms with Crippen molar-refractivity contribution in [2.75, 3.05) is 11.3 Å². The number of hydrogen-bond acceptors (Lipinski definition) is 1. The monoisotopic (exact) mass is 212 g/mol. The van der Waals surface area contributed by atoms with Gasteiger partial charge in [-0.2, -0.15) is 20.5 Å². The lowest BCUT2D eigenvalue weighted by molar-refractivity contribution is 1.18. The van der Waals surface area contributed by atoms with Crippen molar-refractivity contribution in [2.24, 2.45) is 0 Å². The van der Waals surface area contributed by atoms with Crippen molar-refractivity contribution in [2.45, 2.75) is 27.3 Å². The van der Waals surface area contributed by atoms with E-state index >= 15 is 0 Å². The Morgan fingerprint density at radius 1 is 1.19 bits per heavy atom. The molecule has 0 fully saturated rings. The fraction of sp³-hybridized carbons (Fsp3) is 0.385. The average molecular weight is 212 g/mol. The van der Waals surface area contributed by atoms with Crippen molar-refractivity contribution >= 4 is 24.8 Å². The van der Waals surface area contributed by atoms with Crippen LogP contribution in [-0.4, -0.2) is 19.4 Å². The van der Waals surface area contributed by atoms with Gasteiger partial charge in [0.15, 0.2) is 0 Å². The summed E-state index contributed by atoms with van der Waals surface area (Å²) in [5.41, 5.74) is 2.73. The molecule has 1 nitrogen and oxygen atoms in total. The Bertz CT molecular complexity index is 407. The minimum Gasteiger partial charge on any atom is -0.445 e. The molecular weight excluding hydrogens is 192 g/mol. The Morgan fingerprint density at radius 2 is 1.88 bits per heavy atom.